The molecule has 2 heterocycles. The number of hydrogen-bond acceptors (Lipinski definition) is 4. The molecule has 1 atom stereocenters. The van der Waals surface area contributed by atoms with E-state index in [1.54, 1.807) is 11.8 Å². The standard InChI is InChI=1S/C18H23N5O2/c1-13-15(11-20-21-13)18(25)23-10-9-22(12-16(23)17(19)24)8-7-14-5-3-2-4-6-14/h2-6,11,16H,7-10,12H2,1H3,(H2,19,24)(H,20,21). The number of piperazine rings is 1. The zero-order valence-corrected chi connectivity index (χ0v) is 14.3. The summed E-state index contributed by atoms with van der Waals surface area (Å²) < 4.78 is 0. The van der Waals surface area contributed by atoms with Crippen molar-refractivity contribution in [2.75, 3.05) is 26.2 Å². The molecule has 1 aliphatic rings. The summed E-state index contributed by atoms with van der Waals surface area (Å²) in [5.41, 5.74) is 8.01. The predicted molar refractivity (Wildman–Crippen MR) is 93.9 cm³/mol. The molecule has 0 saturated carbocycles. The van der Waals surface area contributed by atoms with Crippen molar-refractivity contribution in [2.24, 2.45) is 5.73 Å². The van der Waals surface area contributed by atoms with Crippen molar-refractivity contribution in [3.8, 4) is 0 Å². The topological polar surface area (TPSA) is 95.3 Å². The van der Waals surface area contributed by atoms with E-state index in [1.807, 2.05) is 18.2 Å². The van der Waals surface area contributed by atoms with Gasteiger partial charge in [0.25, 0.3) is 5.91 Å². The molecule has 25 heavy (non-hydrogen) atoms. The molecule has 0 bridgehead atoms. The van der Waals surface area contributed by atoms with Crippen LogP contribution >= 0.6 is 0 Å². The van der Waals surface area contributed by atoms with Crippen LogP contribution in [0.1, 0.15) is 21.6 Å². The van der Waals surface area contributed by atoms with Crippen molar-refractivity contribution >= 4 is 11.8 Å². The van der Waals surface area contributed by atoms with Gasteiger partial charge < -0.3 is 10.6 Å². The molecular formula is C18H23N5O2. The lowest BCUT2D eigenvalue weighted by atomic mass is 10.1. The zero-order chi connectivity index (χ0) is 17.8. The minimum atomic E-state index is -0.619. The van der Waals surface area contributed by atoms with E-state index in [0.29, 0.717) is 24.3 Å². The van der Waals surface area contributed by atoms with Crippen LogP contribution in [0.15, 0.2) is 36.5 Å². The molecule has 2 amide bonds. The molecule has 1 fully saturated rings. The van der Waals surface area contributed by atoms with Gasteiger partial charge in [0.05, 0.1) is 11.8 Å². The third kappa shape index (κ3) is 3.88. The van der Waals surface area contributed by atoms with Gasteiger partial charge in [-0.15, -0.1) is 0 Å². The van der Waals surface area contributed by atoms with E-state index >= 15 is 0 Å². The molecule has 1 aliphatic heterocycles. The monoisotopic (exact) mass is 341 g/mol. The zero-order valence-electron chi connectivity index (χ0n) is 14.3. The van der Waals surface area contributed by atoms with Crippen molar-refractivity contribution in [3.05, 3.63) is 53.3 Å². The predicted octanol–water partition coefficient (Wildman–Crippen LogP) is 0.573. The molecule has 2 aromatic rings. The van der Waals surface area contributed by atoms with Crippen LogP contribution in [0.25, 0.3) is 0 Å². The van der Waals surface area contributed by atoms with Gasteiger partial charge in [-0.2, -0.15) is 5.10 Å². The maximum atomic E-state index is 12.7. The number of rotatable bonds is 5. The summed E-state index contributed by atoms with van der Waals surface area (Å²) in [4.78, 5) is 28.4. The van der Waals surface area contributed by atoms with Gasteiger partial charge >= 0.3 is 0 Å². The number of nitrogens with zero attached hydrogens (tertiary/aromatic N) is 3. The Balaban J connectivity index is 1.65. The third-order valence-corrected chi connectivity index (χ3v) is 4.67. The van der Waals surface area contributed by atoms with Crippen LogP contribution in [0.4, 0.5) is 0 Å². The number of amides is 2. The van der Waals surface area contributed by atoms with Gasteiger partial charge in [0, 0.05) is 31.9 Å². The summed E-state index contributed by atoms with van der Waals surface area (Å²) >= 11 is 0. The lowest BCUT2D eigenvalue weighted by molar-refractivity contribution is -0.124. The van der Waals surface area contributed by atoms with E-state index in [1.165, 1.54) is 11.8 Å². The normalized spacial score (nSPS) is 18.3. The quantitative estimate of drug-likeness (QED) is 0.831. The third-order valence-electron chi connectivity index (χ3n) is 4.67. The molecule has 1 saturated heterocycles. The van der Waals surface area contributed by atoms with Gasteiger partial charge in [0.2, 0.25) is 5.91 Å². The molecule has 0 spiro atoms. The van der Waals surface area contributed by atoms with E-state index in [4.69, 9.17) is 5.73 Å². The SMILES string of the molecule is Cc1[nH]ncc1C(=O)N1CCN(CCc2ccccc2)CC1C(N)=O. The van der Waals surface area contributed by atoms with Crippen molar-refractivity contribution in [2.45, 2.75) is 19.4 Å². The highest BCUT2D eigenvalue weighted by Gasteiger charge is 2.35. The summed E-state index contributed by atoms with van der Waals surface area (Å²) in [6.45, 7) is 4.28. The van der Waals surface area contributed by atoms with Gasteiger partial charge in [-0.05, 0) is 18.9 Å². The number of nitrogens with two attached hydrogens (primary N) is 1. The van der Waals surface area contributed by atoms with E-state index in [-0.39, 0.29) is 5.91 Å². The molecule has 1 aromatic carbocycles. The number of aryl methyl sites for hydroxylation is 1. The van der Waals surface area contributed by atoms with Crippen molar-refractivity contribution in [1.82, 2.24) is 20.0 Å². The second-order valence-electron chi connectivity index (χ2n) is 6.36. The van der Waals surface area contributed by atoms with Crippen molar-refractivity contribution < 1.29 is 9.59 Å². The minimum Gasteiger partial charge on any atom is -0.368 e. The van der Waals surface area contributed by atoms with E-state index < -0.39 is 11.9 Å². The minimum absolute atomic E-state index is 0.197. The Morgan fingerprint density at radius 3 is 2.68 bits per heavy atom. The van der Waals surface area contributed by atoms with Crippen LogP contribution in [0, 0.1) is 6.92 Å². The number of H-pyrrole nitrogens is 1. The van der Waals surface area contributed by atoms with E-state index in [0.717, 1.165) is 19.5 Å². The Kier molecular flexibility index (Phi) is 5.14. The summed E-state index contributed by atoms with van der Waals surface area (Å²) in [6, 6.07) is 9.59. The number of aromatic amines is 1. The van der Waals surface area contributed by atoms with Gasteiger partial charge in [-0.25, -0.2) is 0 Å². The Morgan fingerprint density at radius 2 is 2.04 bits per heavy atom. The molecule has 1 aromatic heterocycles. The fourth-order valence-electron chi connectivity index (χ4n) is 3.18. The first kappa shape index (κ1) is 17.2. The molecule has 7 heteroatoms. The molecule has 3 rings (SSSR count). The highest BCUT2D eigenvalue weighted by molar-refractivity contribution is 5.98. The summed E-state index contributed by atoms with van der Waals surface area (Å²) in [5, 5.41) is 6.64. The molecule has 0 aliphatic carbocycles. The van der Waals surface area contributed by atoms with Crippen LogP contribution < -0.4 is 5.73 Å². The Bertz CT molecular complexity index is 743. The lowest BCUT2D eigenvalue weighted by Gasteiger charge is -2.39. The first-order valence-electron chi connectivity index (χ1n) is 8.43. The number of benzene rings is 1. The Labute approximate surface area is 146 Å². The number of carbonyl (C=O) groups is 2. The first-order valence-corrected chi connectivity index (χ1v) is 8.43. The highest BCUT2D eigenvalue weighted by atomic mass is 16.2. The highest BCUT2D eigenvalue weighted by Crippen LogP contribution is 2.16. The number of nitrogens with one attached hydrogen (secondary N) is 1. The number of carbonyl (C=O) groups excluding carboxylic acids is 2. The van der Waals surface area contributed by atoms with Crippen LogP contribution in [-0.4, -0.2) is 64.0 Å². The Hall–Kier alpha value is -2.67. The second kappa shape index (κ2) is 7.48. The summed E-state index contributed by atoms with van der Waals surface area (Å²) in [7, 11) is 0. The van der Waals surface area contributed by atoms with E-state index in [2.05, 4.69) is 27.2 Å². The van der Waals surface area contributed by atoms with Gasteiger partial charge in [-0.3, -0.25) is 19.6 Å². The van der Waals surface area contributed by atoms with Crippen LogP contribution in [0.2, 0.25) is 0 Å². The first-order chi connectivity index (χ1) is 12.1. The summed E-state index contributed by atoms with van der Waals surface area (Å²) in [5.74, 6) is -0.670. The molecule has 1 unspecified atom stereocenters. The second-order valence-corrected chi connectivity index (χ2v) is 6.36. The fourth-order valence-corrected chi connectivity index (χ4v) is 3.18. The molecule has 3 N–H and O–H groups in total. The smallest absolute Gasteiger partial charge is 0.258 e. The molecular weight excluding hydrogens is 318 g/mol. The van der Waals surface area contributed by atoms with E-state index in [9.17, 15) is 9.59 Å². The van der Waals surface area contributed by atoms with Crippen molar-refractivity contribution in [3.63, 3.8) is 0 Å². The lowest BCUT2D eigenvalue weighted by Crippen LogP contribution is -2.60. The molecule has 7 nitrogen and oxygen atoms in total. The number of hydrogen-bond donors (Lipinski definition) is 2. The number of aromatic nitrogens is 2. The largest absolute Gasteiger partial charge is 0.368 e. The summed E-state index contributed by atoms with van der Waals surface area (Å²) in [6.07, 6.45) is 2.40. The van der Waals surface area contributed by atoms with Gasteiger partial charge in [0.15, 0.2) is 0 Å². The average Bonchev–Trinajstić information content (AvgIpc) is 3.06. The van der Waals surface area contributed by atoms with Gasteiger partial charge in [-0.1, -0.05) is 30.3 Å². The molecule has 0 radical (unpaired) electrons. The van der Waals surface area contributed by atoms with Gasteiger partial charge in [0.1, 0.15) is 6.04 Å². The molecule has 132 valence electrons. The maximum absolute atomic E-state index is 12.7. The Morgan fingerprint density at radius 1 is 1.28 bits per heavy atom. The van der Waals surface area contributed by atoms with Crippen LogP contribution in [0.5, 0.6) is 0 Å². The van der Waals surface area contributed by atoms with Crippen LogP contribution in [0.3, 0.4) is 0 Å². The van der Waals surface area contributed by atoms with Crippen LogP contribution in [-0.2, 0) is 11.2 Å². The maximum Gasteiger partial charge on any atom is 0.258 e. The van der Waals surface area contributed by atoms with Crippen molar-refractivity contribution in [1.29, 1.82) is 0 Å². The average molecular weight is 341 g/mol. The fraction of sp³-hybridized carbons (Fsp3) is 0.389. The number of primary amides is 1.